The topological polar surface area (TPSA) is 51.4 Å². The Labute approximate surface area is 152 Å². The van der Waals surface area contributed by atoms with Gasteiger partial charge in [-0.15, -0.1) is 0 Å². The number of carbonyl (C=O) groups excluding carboxylic acids is 2. The average molecular weight is 374 g/mol. The van der Waals surface area contributed by atoms with Gasteiger partial charge in [-0.1, -0.05) is 30.4 Å². The predicted octanol–water partition coefficient (Wildman–Crippen LogP) is 4.33. The lowest BCUT2D eigenvalue weighted by molar-refractivity contribution is 0.0991. The van der Waals surface area contributed by atoms with E-state index in [1.54, 1.807) is 16.7 Å². The maximum atomic E-state index is 14.2. The van der Waals surface area contributed by atoms with E-state index in [4.69, 9.17) is 0 Å². The van der Waals surface area contributed by atoms with Crippen molar-refractivity contribution in [3.63, 3.8) is 0 Å². The number of thiazole rings is 1. The first-order chi connectivity index (χ1) is 12.4. The highest BCUT2D eigenvalue weighted by atomic mass is 32.1. The van der Waals surface area contributed by atoms with Gasteiger partial charge in [-0.25, -0.2) is 8.78 Å². The van der Waals surface area contributed by atoms with E-state index in [0.717, 1.165) is 17.4 Å². The van der Waals surface area contributed by atoms with Crippen LogP contribution in [0.2, 0.25) is 0 Å². The van der Waals surface area contributed by atoms with Crippen LogP contribution < -0.4 is 4.80 Å². The van der Waals surface area contributed by atoms with Crippen molar-refractivity contribution in [1.82, 2.24) is 4.57 Å². The lowest BCUT2D eigenvalue weighted by Gasteiger charge is -2.04. The van der Waals surface area contributed by atoms with E-state index in [9.17, 15) is 18.4 Å². The monoisotopic (exact) mass is 374 g/mol. The highest BCUT2D eigenvalue weighted by Gasteiger charge is 2.14. The molecule has 0 atom stereocenters. The maximum absolute atomic E-state index is 14.2. The summed E-state index contributed by atoms with van der Waals surface area (Å²) >= 11 is 1.06. The van der Waals surface area contributed by atoms with Crippen LogP contribution in [0.25, 0.3) is 10.2 Å². The summed E-state index contributed by atoms with van der Waals surface area (Å²) in [5.74, 6) is -1.94. The molecule has 3 aromatic rings. The standard InChI is InChI=1S/C19H16F2N2O2S/c1-3-8-23-17-15(21)9-14(20)10-16(17)26-19(23)22-18(25)13-6-4-12(5-7-13)11(2)24/h4-7,9-10H,3,8H2,1-2H3. The van der Waals surface area contributed by atoms with Crippen molar-refractivity contribution in [3.05, 3.63) is 64.0 Å². The van der Waals surface area contributed by atoms with E-state index in [0.29, 0.717) is 33.6 Å². The highest BCUT2D eigenvalue weighted by molar-refractivity contribution is 7.16. The van der Waals surface area contributed by atoms with Crippen LogP contribution in [-0.4, -0.2) is 16.3 Å². The number of aromatic nitrogens is 1. The number of nitrogens with zero attached hydrogens (tertiary/aromatic N) is 2. The number of halogens is 2. The van der Waals surface area contributed by atoms with E-state index >= 15 is 0 Å². The SMILES string of the molecule is CCCn1c(=NC(=O)c2ccc(C(C)=O)cc2)sc2cc(F)cc(F)c21. The molecule has 0 saturated heterocycles. The van der Waals surface area contributed by atoms with Crippen LogP contribution in [-0.2, 0) is 6.54 Å². The predicted molar refractivity (Wildman–Crippen MR) is 96.4 cm³/mol. The number of benzene rings is 2. The molecule has 0 aliphatic carbocycles. The summed E-state index contributed by atoms with van der Waals surface area (Å²) in [5, 5.41) is 0. The first kappa shape index (κ1) is 18.1. The van der Waals surface area contributed by atoms with Crippen molar-refractivity contribution in [2.45, 2.75) is 26.8 Å². The number of hydrogen-bond donors (Lipinski definition) is 0. The van der Waals surface area contributed by atoms with Crippen LogP contribution in [0, 0.1) is 11.6 Å². The summed E-state index contributed by atoms with van der Waals surface area (Å²) in [4.78, 5) is 28.2. The van der Waals surface area contributed by atoms with Crippen LogP contribution in [0.15, 0.2) is 41.4 Å². The van der Waals surface area contributed by atoms with Crippen molar-refractivity contribution in [3.8, 4) is 0 Å². The zero-order valence-electron chi connectivity index (χ0n) is 14.3. The van der Waals surface area contributed by atoms with Gasteiger partial charge in [0.05, 0.1) is 10.2 Å². The van der Waals surface area contributed by atoms with Crippen molar-refractivity contribution >= 4 is 33.2 Å². The molecular weight excluding hydrogens is 358 g/mol. The summed E-state index contributed by atoms with van der Waals surface area (Å²) in [6.07, 6.45) is 0.706. The number of ketones is 1. The molecule has 1 aromatic heterocycles. The zero-order chi connectivity index (χ0) is 18.8. The second-order valence-electron chi connectivity index (χ2n) is 5.82. The van der Waals surface area contributed by atoms with Crippen LogP contribution in [0.5, 0.6) is 0 Å². The van der Waals surface area contributed by atoms with Gasteiger partial charge in [-0.3, -0.25) is 9.59 Å². The smallest absolute Gasteiger partial charge is 0.279 e. The van der Waals surface area contributed by atoms with E-state index in [1.807, 2.05) is 6.92 Å². The number of Topliss-reactive ketones (excluding diaryl/α,β-unsaturated/α-hetero) is 1. The molecule has 7 heteroatoms. The molecule has 1 amide bonds. The van der Waals surface area contributed by atoms with Crippen LogP contribution in [0.1, 0.15) is 41.0 Å². The molecule has 2 aromatic carbocycles. The average Bonchev–Trinajstić information content (AvgIpc) is 2.92. The van der Waals surface area contributed by atoms with Gasteiger partial charge >= 0.3 is 0 Å². The second kappa shape index (κ2) is 7.29. The Balaban J connectivity index is 2.11. The number of fused-ring (bicyclic) bond motifs is 1. The zero-order valence-corrected chi connectivity index (χ0v) is 15.1. The number of carbonyl (C=O) groups is 2. The Morgan fingerprint density at radius 1 is 1.12 bits per heavy atom. The van der Waals surface area contributed by atoms with Crippen molar-refractivity contribution in [2.24, 2.45) is 4.99 Å². The minimum atomic E-state index is -0.676. The van der Waals surface area contributed by atoms with Gasteiger partial charge in [0.2, 0.25) is 0 Å². The molecular formula is C19H16F2N2O2S. The normalized spacial score (nSPS) is 11.9. The fourth-order valence-electron chi connectivity index (χ4n) is 2.64. The van der Waals surface area contributed by atoms with Crippen LogP contribution in [0.3, 0.4) is 0 Å². The van der Waals surface area contributed by atoms with Gasteiger partial charge in [0.25, 0.3) is 5.91 Å². The summed E-state index contributed by atoms with van der Waals surface area (Å²) in [7, 11) is 0. The Bertz CT molecular complexity index is 1070. The molecule has 4 nitrogen and oxygen atoms in total. The Morgan fingerprint density at radius 2 is 1.77 bits per heavy atom. The van der Waals surface area contributed by atoms with Gasteiger partial charge in [-0.2, -0.15) is 4.99 Å². The maximum Gasteiger partial charge on any atom is 0.279 e. The Hall–Kier alpha value is -2.67. The van der Waals surface area contributed by atoms with Crippen molar-refractivity contribution in [2.75, 3.05) is 0 Å². The first-order valence-electron chi connectivity index (χ1n) is 8.09. The third kappa shape index (κ3) is 3.48. The molecule has 0 aliphatic rings. The van der Waals surface area contributed by atoms with Gasteiger partial charge in [0.15, 0.2) is 16.4 Å². The van der Waals surface area contributed by atoms with E-state index < -0.39 is 17.5 Å². The molecule has 0 saturated carbocycles. The Kier molecular flexibility index (Phi) is 5.08. The summed E-state index contributed by atoms with van der Waals surface area (Å²) in [6.45, 7) is 3.82. The minimum absolute atomic E-state index is 0.0938. The number of rotatable bonds is 4. The molecule has 0 spiro atoms. The van der Waals surface area contributed by atoms with Crippen molar-refractivity contribution < 1.29 is 18.4 Å². The first-order valence-corrected chi connectivity index (χ1v) is 8.90. The fraction of sp³-hybridized carbons (Fsp3) is 0.211. The third-order valence-corrected chi connectivity index (χ3v) is 4.90. The van der Waals surface area contributed by atoms with E-state index in [-0.39, 0.29) is 11.3 Å². The van der Waals surface area contributed by atoms with Crippen LogP contribution >= 0.6 is 11.3 Å². The lowest BCUT2D eigenvalue weighted by Crippen LogP contribution is -2.17. The summed E-state index contributed by atoms with van der Waals surface area (Å²) < 4.78 is 29.7. The second-order valence-corrected chi connectivity index (χ2v) is 6.83. The molecule has 0 aliphatic heterocycles. The molecule has 26 heavy (non-hydrogen) atoms. The molecule has 0 unspecified atom stereocenters. The van der Waals surface area contributed by atoms with E-state index in [1.165, 1.54) is 25.1 Å². The molecule has 0 bridgehead atoms. The summed E-state index contributed by atoms with van der Waals surface area (Å²) in [6, 6.07) is 8.24. The Morgan fingerprint density at radius 3 is 2.38 bits per heavy atom. The lowest BCUT2D eigenvalue weighted by atomic mass is 10.1. The van der Waals surface area contributed by atoms with Gasteiger partial charge in [-0.05, 0) is 31.5 Å². The molecule has 0 N–H and O–H groups in total. The number of aryl methyl sites for hydroxylation is 1. The quantitative estimate of drug-likeness (QED) is 0.638. The largest absolute Gasteiger partial charge is 0.314 e. The number of amides is 1. The fourth-order valence-corrected chi connectivity index (χ4v) is 3.74. The highest BCUT2D eigenvalue weighted by Crippen LogP contribution is 2.22. The molecule has 134 valence electrons. The molecule has 1 heterocycles. The molecule has 0 fully saturated rings. The number of hydrogen-bond acceptors (Lipinski definition) is 3. The van der Waals surface area contributed by atoms with Gasteiger partial charge in [0, 0.05) is 23.7 Å². The minimum Gasteiger partial charge on any atom is -0.314 e. The van der Waals surface area contributed by atoms with Crippen molar-refractivity contribution in [1.29, 1.82) is 0 Å². The van der Waals surface area contributed by atoms with Crippen LogP contribution in [0.4, 0.5) is 8.78 Å². The van der Waals surface area contributed by atoms with Gasteiger partial charge in [0.1, 0.15) is 5.82 Å². The molecule has 3 rings (SSSR count). The summed E-state index contributed by atoms with van der Waals surface area (Å²) in [5.41, 5.74) is 1.07. The third-order valence-electron chi connectivity index (χ3n) is 3.88. The van der Waals surface area contributed by atoms with E-state index in [2.05, 4.69) is 4.99 Å². The molecule has 0 radical (unpaired) electrons. The van der Waals surface area contributed by atoms with Gasteiger partial charge < -0.3 is 4.57 Å².